The highest BCUT2D eigenvalue weighted by Crippen LogP contribution is 2.20. The molecule has 0 radical (unpaired) electrons. The molecule has 1 aliphatic rings. The second kappa shape index (κ2) is 3.95. The average molecular weight is 243 g/mol. The highest BCUT2D eigenvalue weighted by Gasteiger charge is 2.36. The first-order valence-electron chi connectivity index (χ1n) is 4.90. The van der Waals surface area contributed by atoms with Crippen molar-refractivity contribution in [2.24, 2.45) is 0 Å². The van der Waals surface area contributed by atoms with Gasteiger partial charge in [0.05, 0.1) is 23.7 Å². The average Bonchev–Trinajstić information content (AvgIpc) is 2.39. The molecular weight excluding hydrogens is 230 g/mol. The maximum absolute atomic E-state index is 11.3. The smallest absolute Gasteiger partial charge is 0.155 e. The van der Waals surface area contributed by atoms with Crippen molar-refractivity contribution in [3.8, 4) is 5.75 Å². The standard InChI is InChI=1S/C10H13NO4S/c12-8-3-1-2-7(4-8)11-9-5-16(14,15)6-10(9)13/h1-4,9-13H,5-6H2/t9-,10-/m1/s1. The quantitative estimate of drug-likeness (QED) is 0.678. The van der Waals surface area contributed by atoms with E-state index in [1.54, 1.807) is 12.1 Å². The van der Waals surface area contributed by atoms with Gasteiger partial charge in [0.25, 0.3) is 0 Å². The number of benzene rings is 1. The fourth-order valence-corrected chi connectivity index (χ4v) is 3.52. The van der Waals surface area contributed by atoms with Crippen molar-refractivity contribution in [1.29, 1.82) is 0 Å². The maximum atomic E-state index is 11.3. The van der Waals surface area contributed by atoms with Gasteiger partial charge >= 0.3 is 0 Å². The van der Waals surface area contributed by atoms with E-state index in [-0.39, 0.29) is 17.3 Å². The summed E-state index contributed by atoms with van der Waals surface area (Å²) in [6, 6.07) is 5.85. The van der Waals surface area contributed by atoms with Gasteiger partial charge in [-0.15, -0.1) is 0 Å². The van der Waals surface area contributed by atoms with Gasteiger partial charge in [0.1, 0.15) is 5.75 Å². The molecule has 16 heavy (non-hydrogen) atoms. The topological polar surface area (TPSA) is 86.6 Å². The summed E-state index contributed by atoms with van der Waals surface area (Å²) in [6.07, 6.45) is -0.896. The fraction of sp³-hybridized carbons (Fsp3) is 0.400. The van der Waals surface area contributed by atoms with E-state index in [9.17, 15) is 18.6 Å². The number of phenolic OH excluding ortho intramolecular Hbond substituents is 1. The Morgan fingerprint density at radius 2 is 2.06 bits per heavy atom. The van der Waals surface area contributed by atoms with Gasteiger partial charge < -0.3 is 15.5 Å². The van der Waals surface area contributed by atoms with E-state index in [0.717, 1.165) is 0 Å². The first-order valence-corrected chi connectivity index (χ1v) is 6.72. The van der Waals surface area contributed by atoms with Crippen LogP contribution < -0.4 is 5.32 Å². The van der Waals surface area contributed by atoms with Crippen molar-refractivity contribution in [3.63, 3.8) is 0 Å². The van der Waals surface area contributed by atoms with Gasteiger partial charge in [0.15, 0.2) is 9.84 Å². The molecule has 1 fully saturated rings. The van der Waals surface area contributed by atoms with E-state index >= 15 is 0 Å². The van der Waals surface area contributed by atoms with Gasteiger partial charge in [0, 0.05) is 11.8 Å². The summed E-state index contributed by atoms with van der Waals surface area (Å²) in [5.41, 5.74) is 0.598. The molecule has 0 bridgehead atoms. The molecule has 88 valence electrons. The highest BCUT2D eigenvalue weighted by molar-refractivity contribution is 7.91. The Balaban J connectivity index is 2.11. The van der Waals surface area contributed by atoms with Crippen LogP contribution in [0.15, 0.2) is 24.3 Å². The fourth-order valence-electron chi connectivity index (χ4n) is 1.78. The molecular formula is C10H13NO4S. The molecule has 6 heteroatoms. The van der Waals surface area contributed by atoms with Gasteiger partial charge in [-0.1, -0.05) is 6.07 Å². The van der Waals surface area contributed by atoms with E-state index in [4.69, 9.17) is 0 Å². The van der Waals surface area contributed by atoms with E-state index in [2.05, 4.69) is 5.32 Å². The lowest BCUT2D eigenvalue weighted by molar-refractivity contribution is 0.190. The number of anilines is 1. The van der Waals surface area contributed by atoms with E-state index in [0.29, 0.717) is 5.69 Å². The van der Waals surface area contributed by atoms with Gasteiger partial charge in [-0.05, 0) is 12.1 Å². The molecule has 0 amide bonds. The summed E-state index contributed by atoms with van der Waals surface area (Å²) >= 11 is 0. The summed E-state index contributed by atoms with van der Waals surface area (Å²) in [5.74, 6) is -0.187. The molecule has 2 atom stereocenters. The SMILES string of the molecule is O=S1(=O)C[C@@H](O)[C@H](Nc2cccc(O)c2)C1. The summed E-state index contributed by atoms with van der Waals surface area (Å²) in [5, 5.41) is 21.7. The van der Waals surface area contributed by atoms with E-state index in [1.165, 1.54) is 12.1 Å². The van der Waals surface area contributed by atoms with Gasteiger partial charge in [-0.2, -0.15) is 0 Å². The Morgan fingerprint density at radius 3 is 2.62 bits per heavy atom. The van der Waals surface area contributed by atoms with E-state index < -0.39 is 22.0 Å². The maximum Gasteiger partial charge on any atom is 0.155 e. The third-order valence-corrected chi connectivity index (χ3v) is 4.24. The number of hydrogen-bond donors (Lipinski definition) is 3. The van der Waals surface area contributed by atoms with Crippen LogP contribution in [-0.2, 0) is 9.84 Å². The number of phenols is 1. The molecule has 1 saturated heterocycles. The zero-order valence-electron chi connectivity index (χ0n) is 8.50. The Hall–Kier alpha value is -1.27. The molecule has 2 rings (SSSR count). The largest absolute Gasteiger partial charge is 0.508 e. The Labute approximate surface area is 93.6 Å². The highest BCUT2D eigenvalue weighted by atomic mass is 32.2. The zero-order chi connectivity index (χ0) is 11.8. The first kappa shape index (κ1) is 11.2. The lowest BCUT2D eigenvalue weighted by Crippen LogP contribution is -2.31. The third-order valence-electron chi connectivity index (χ3n) is 2.52. The number of hydrogen-bond acceptors (Lipinski definition) is 5. The van der Waals surface area contributed by atoms with Gasteiger partial charge in [-0.25, -0.2) is 8.42 Å². The number of rotatable bonds is 2. The number of aliphatic hydroxyl groups is 1. The van der Waals surface area contributed by atoms with Crippen LogP contribution in [0.5, 0.6) is 5.75 Å². The minimum absolute atomic E-state index is 0.0795. The monoisotopic (exact) mass is 243 g/mol. The van der Waals surface area contributed by atoms with Crippen LogP contribution in [0.1, 0.15) is 0 Å². The lowest BCUT2D eigenvalue weighted by Gasteiger charge is -2.16. The third kappa shape index (κ3) is 2.45. The van der Waals surface area contributed by atoms with Crippen molar-refractivity contribution < 1.29 is 18.6 Å². The van der Waals surface area contributed by atoms with Crippen LogP contribution in [0.25, 0.3) is 0 Å². The lowest BCUT2D eigenvalue weighted by atomic mass is 10.2. The molecule has 0 aliphatic carbocycles. The second-order valence-corrected chi connectivity index (χ2v) is 6.10. The number of aliphatic hydroxyl groups excluding tert-OH is 1. The molecule has 0 unspecified atom stereocenters. The predicted molar refractivity (Wildman–Crippen MR) is 60.2 cm³/mol. The van der Waals surface area contributed by atoms with Crippen LogP contribution in [0.3, 0.4) is 0 Å². The normalized spacial score (nSPS) is 27.8. The Morgan fingerprint density at radius 1 is 1.31 bits per heavy atom. The summed E-state index contributed by atoms with van der Waals surface area (Å²) in [6.45, 7) is 0. The summed E-state index contributed by atoms with van der Waals surface area (Å²) in [4.78, 5) is 0. The first-order chi connectivity index (χ1) is 7.46. The number of nitrogens with one attached hydrogen (secondary N) is 1. The molecule has 5 nitrogen and oxygen atoms in total. The number of sulfone groups is 1. The Kier molecular flexibility index (Phi) is 2.77. The molecule has 1 aromatic carbocycles. The molecule has 0 aromatic heterocycles. The van der Waals surface area contributed by atoms with Crippen LogP contribution in [-0.4, -0.2) is 42.3 Å². The van der Waals surface area contributed by atoms with Gasteiger partial charge in [0.2, 0.25) is 0 Å². The van der Waals surface area contributed by atoms with Crippen LogP contribution >= 0.6 is 0 Å². The van der Waals surface area contributed by atoms with Crippen molar-refractivity contribution in [2.75, 3.05) is 16.8 Å². The summed E-state index contributed by atoms with van der Waals surface area (Å²) < 4.78 is 22.5. The van der Waals surface area contributed by atoms with Crippen molar-refractivity contribution in [1.82, 2.24) is 0 Å². The predicted octanol–water partition coefficient (Wildman–Crippen LogP) is -0.0380. The van der Waals surface area contributed by atoms with Crippen LogP contribution in [0.2, 0.25) is 0 Å². The molecule has 0 saturated carbocycles. The van der Waals surface area contributed by atoms with E-state index in [1.807, 2.05) is 0 Å². The minimum atomic E-state index is -3.15. The summed E-state index contributed by atoms with van der Waals surface area (Å²) in [7, 11) is -3.15. The molecule has 0 spiro atoms. The number of aromatic hydroxyl groups is 1. The molecule has 1 heterocycles. The zero-order valence-corrected chi connectivity index (χ0v) is 9.31. The van der Waals surface area contributed by atoms with Crippen molar-refractivity contribution in [2.45, 2.75) is 12.1 Å². The molecule has 1 aliphatic heterocycles. The van der Waals surface area contributed by atoms with Crippen molar-refractivity contribution in [3.05, 3.63) is 24.3 Å². The molecule has 3 N–H and O–H groups in total. The second-order valence-electron chi connectivity index (χ2n) is 3.95. The van der Waals surface area contributed by atoms with Gasteiger partial charge in [-0.3, -0.25) is 0 Å². The van der Waals surface area contributed by atoms with Crippen molar-refractivity contribution >= 4 is 15.5 Å². The minimum Gasteiger partial charge on any atom is -0.508 e. The Bertz CT molecular complexity index is 485. The van der Waals surface area contributed by atoms with Crippen LogP contribution in [0.4, 0.5) is 5.69 Å². The van der Waals surface area contributed by atoms with Crippen LogP contribution in [0, 0.1) is 0 Å². The molecule has 1 aromatic rings.